The summed E-state index contributed by atoms with van der Waals surface area (Å²) in [4.78, 5) is 6.72. The Hall–Kier alpha value is -0.240. The minimum Gasteiger partial charge on any atom is -0.381 e. The van der Waals surface area contributed by atoms with Gasteiger partial charge in [0.1, 0.15) is 0 Å². The molecule has 0 saturated carbocycles. The first-order valence-electron chi connectivity index (χ1n) is 8.61. The molecule has 1 saturated heterocycles. The molecule has 1 aromatic rings. The Balaban J connectivity index is 0.00000312. The van der Waals surface area contributed by atoms with Gasteiger partial charge in [0.25, 0.3) is 0 Å². The van der Waals surface area contributed by atoms with Gasteiger partial charge in [0.05, 0.1) is 6.61 Å². The van der Waals surface area contributed by atoms with Crippen LogP contribution in [-0.4, -0.2) is 50.8 Å². The molecule has 0 amide bonds. The van der Waals surface area contributed by atoms with Gasteiger partial charge in [-0.25, -0.2) is 0 Å². The van der Waals surface area contributed by atoms with Gasteiger partial charge in [-0.1, -0.05) is 29.3 Å². The highest BCUT2D eigenvalue weighted by molar-refractivity contribution is 14.0. The Morgan fingerprint density at radius 3 is 2.88 bits per heavy atom. The van der Waals surface area contributed by atoms with Gasteiger partial charge in [0.15, 0.2) is 5.96 Å². The minimum atomic E-state index is 0. The highest BCUT2D eigenvalue weighted by Gasteiger charge is 2.24. The van der Waals surface area contributed by atoms with Crippen molar-refractivity contribution >= 4 is 53.1 Å². The number of hydrogen-bond donors (Lipinski definition) is 1. The van der Waals surface area contributed by atoms with Crippen LogP contribution >= 0.6 is 47.2 Å². The van der Waals surface area contributed by atoms with Crippen molar-refractivity contribution in [1.29, 1.82) is 0 Å². The van der Waals surface area contributed by atoms with Crippen molar-refractivity contribution in [2.45, 2.75) is 26.2 Å². The highest BCUT2D eigenvalue weighted by atomic mass is 127. The van der Waals surface area contributed by atoms with Crippen LogP contribution in [0.4, 0.5) is 0 Å². The first kappa shape index (κ1) is 22.8. The molecule has 0 bridgehead atoms. The number of hydrogen-bond acceptors (Lipinski definition) is 2. The van der Waals surface area contributed by atoms with Gasteiger partial charge in [-0.2, -0.15) is 0 Å². The molecule has 1 N–H and O–H groups in total. The van der Waals surface area contributed by atoms with E-state index in [2.05, 4.69) is 15.2 Å². The summed E-state index contributed by atoms with van der Waals surface area (Å²) in [5.41, 5.74) is 1.14. The largest absolute Gasteiger partial charge is 0.381 e. The zero-order valence-electron chi connectivity index (χ0n) is 14.9. The lowest BCUT2D eigenvalue weighted by Gasteiger charge is -2.21. The van der Waals surface area contributed by atoms with Crippen LogP contribution in [0.1, 0.15) is 25.3 Å². The fraction of sp³-hybridized carbons (Fsp3) is 0.611. The summed E-state index contributed by atoms with van der Waals surface area (Å²) in [6, 6.07) is 5.68. The molecule has 0 aromatic heterocycles. The number of nitrogens with one attached hydrogen (secondary N) is 1. The van der Waals surface area contributed by atoms with E-state index in [1.165, 1.54) is 6.42 Å². The maximum Gasteiger partial charge on any atom is 0.193 e. The van der Waals surface area contributed by atoms with Gasteiger partial charge < -0.3 is 15.0 Å². The number of likely N-dealkylation sites (tertiary alicyclic amines) is 1. The van der Waals surface area contributed by atoms with E-state index in [1.807, 2.05) is 26.1 Å². The van der Waals surface area contributed by atoms with E-state index in [4.69, 9.17) is 27.9 Å². The van der Waals surface area contributed by atoms with E-state index in [0.29, 0.717) is 10.9 Å². The monoisotopic (exact) mass is 499 g/mol. The van der Waals surface area contributed by atoms with Crippen LogP contribution in [0, 0.1) is 5.92 Å². The quantitative estimate of drug-likeness (QED) is 0.260. The molecular formula is C18H28Cl2IN3O. The summed E-state index contributed by atoms with van der Waals surface area (Å²) in [6.45, 7) is 6.61. The molecule has 1 aromatic carbocycles. The SMILES string of the molecule is CCOCC1CCN(C(=NC)NCCCc2ccc(Cl)cc2Cl)C1.I. The maximum atomic E-state index is 6.21. The van der Waals surface area contributed by atoms with Gasteiger partial charge in [-0.3, -0.25) is 4.99 Å². The van der Waals surface area contributed by atoms with Crippen molar-refractivity contribution in [3.05, 3.63) is 33.8 Å². The molecule has 7 heteroatoms. The number of nitrogens with zero attached hydrogens (tertiary/aromatic N) is 2. The van der Waals surface area contributed by atoms with Crippen molar-refractivity contribution < 1.29 is 4.74 Å². The molecule has 1 atom stereocenters. The summed E-state index contributed by atoms with van der Waals surface area (Å²) in [7, 11) is 1.84. The number of benzene rings is 1. The average Bonchev–Trinajstić information content (AvgIpc) is 3.03. The fourth-order valence-electron chi connectivity index (χ4n) is 2.98. The molecule has 1 aliphatic rings. The standard InChI is InChI=1S/C18H27Cl2N3O.HI/c1-3-24-13-14-8-10-23(12-14)18(21-2)22-9-4-5-15-6-7-16(19)11-17(15)20;/h6-7,11,14H,3-5,8-10,12-13H2,1-2H3,(H,21,22);1H. The smallest absolute Gasteiger partial charge is 0.193 e. The fourth-order valence-corrected chi connectivity index (χ4v) is 3.48. The number of aryl methyl sites for hydroxylation is 1. The Labute approximate surface area is 178 Å². The number of guanidine groups is 1. The summed E-state index contributed by atoms with van der Waals surface area (Å²) in [6.07, 6.45) is 3.09. The molecule has 1 aliphatic heterocycles. The first-order chi connectivity index (χ1) is 11.6. The van der Waals surface area contributed by atoms with Gasteiger partial charge in [0.2, 0.25) is 0 Å². The summed E-state index contributed by atoms with van der Waals surface area (Å²) >= 11 is 12.1. The Morgan fingerprint density at radius 2 is 2.20 bits per heavy atom. The predicted octanol–water partition coefficient (Wildman–Crippen LogP) is 4.48. The van der Waals surface area contributed by atoms with Crippen LogP contribution in [-0.2, 0) is 11.2 Å². The van der Waals surface area contributed by atoms with Crippen LogP contribution in [0.15, 0.2) is 23.2 Å². The van der Waals surface area contributed by atoms with Crippen LogP contribution in [0.25, 0.3) is 0 Å². The van der Waals surface area contributed by atoms with Crippen molar-refractivity contribution in [3.8, 4) is 0 Å². The maximum absolute atomic E-state index is 6.21. The summed E-state index contributed by atoms with van der Waals surface area (Å²) in [5.74, 6) is 1.59. The second-order valence-electron chi connectivity index (χ2n) is 6.07. The van der Waals surface area contributed by atoms with Crippen molar-refractivity contribution in [3.63, 3.8) is 0 Å². The molecule has 1 heterocycles. The lowest BCUT2D eigenvalue weighted by atomic mass is 10.1. The van der Waals surface area contributed by atoms with Crippen LogP contribution in [0.5, 0.6) is 0 Å². The number of rotatable bonds is 7. The minimum absolute atomic E-state index is 0. The van der Waals surface area contributed by atoms with Crippen LogP contribution < -0.4 is 5.32 Å². The van der Waals surface area contributed by atoms with E-state index < -0.39 is 0 Å². The normalized spacial score (nSPS) is 17.5. The average molecular weight is 500 g/mol. The molecule has 142 valence electrons. The number of aliphatic imine (C=N–C) groups is 1. The molecule has 25 heavy (non-hydrogen) atoms. The molecule has 0 radical (unpaired) electrons. The number of ether oxygens (including phenoxy) is 1. The molecular weight excluding hydrogens is 472 g/mol. The van der Waals surface area contributed by atoms with Crippen molar-refractivity contribution in [2.24, 2.45) is 10.9 Å². The summed E-state index contributed by atoms with van der Waals surface area (Å²) < 4.78 is 5.54. The van der Waals surface area contributed by atoms with E-state index in [1.54, 1.807) is 6.07 Å². The molecule has 1 fully saturated rings. The van der Waals surface area contributed by atoms with E-state index in [0.717, 1.165) is 62.2 Å². The Bertz CT molecular complexity index is 557. The third-order valence-electron chi connectivity index (χ3n) is 4.28. The molecule has 2 rings (SSSR count). The first-order valence-corrected chi connectivity index (χ1v) is 9.37. The van der Waals surface area contributed by atoms with Gasteiger partial charge in [0, 0.05) is 49.3 Å². The summed E-state index contributed by atoms with van der Waals surface area (Å²) in [5, 5.41) is 4.87. The second-order valence-corrected chi connectivity index (χ2v) is 6.92. The Morgan fingerprint density at radius 1 is 1.40 bits per heavy atom. The lowest BCUT2D eigenvalue weighted by molar-refractivity contribution is 0.114. The van der Waals surface area contributed by atoms with Crippen LogP contribution in [0.3, 0.4) is 0 Å². The highest BCUT2D eigenvalue weighted by Crippen LogP contribution is 2.22. The third-order valence-corrected chi connectivity index (χ3v) is 4.86. The lowest BCUT2D eigenvalue weighted by Crippen LogP contribution is -2.40. The van der Waals surface area contributed by atoms with Gasteiger partial charge in [-0.05, 0) is 43.9 Å². The van der Waals surface area contributed by atoms with Crippen molar-refractivity contribution in [1.82, 2.24) is 10.2 Å². The third kappa shape index (κ3) is 7.49. The predicted molar refractivity (Wildman–Crippen MR) is 118 cm³/mol. The van der Waals surface area contributed by atoms with E-state index in [-0.39, 0.29) is 24.0 Å². The van der Waals surface area contributed by atoms with E-state index >= 15 is 0 Å². The topological polar surface area (TPSA) is 36.9 Å². The van der Waals surface area contributed by atoms with Gasteiger partial charge in [-0.15, -0.1) is 24.0 Å². The molecule has 1 unspecified atom stereocenters. The van der Waals surface area contributed by atoms with E-state index in [9.17, 15) is 0 Å². The zero-order chi connectivity index (χ0) is 17.4. The Kier molecular flexibility index (Phi) is 11.1. The van der Waals surface area contributed by atoms with Crippen LogP contribution in [0.2, 0.25) is 10.0 Å². The van der Waals surface area contributed by atoms with Crippen molar-refractivity contribution in [2.75, 3.05) is 39.9 Å². The number of halogens is 3. The molecule has 0 spiro atoms. The molecule has 0 aliphatic carbocycles. The molecule has 4 nitrogen and oxygen atoms in total. The zero-order valence-corrected chi connectivity index (χ0v) is 18.8. The second kappa shape index (κ2) is 12.2. The van der Waals surface area contributed by atoms with Gasteiger partial charge >= 0.3 is 0 Å².